The van der Waals surface area contributed by atoms with Crippen LogP contribution in [-0.2, 0) is 6.54 Å². The number of aliphatic imine (C=N–C) groups is 1. The maximum atomic E-state index is 13.1. The highest BCUT2D eigenvalue weighted by molar-refractivity contribution is 14.0. The molecule has 1 aromatic carbocycles. The van der Waals surface area contributed by atoms with Crippen LogP contribution in [0.25, 0.3) is 0 Å². The van der Waals surface area contributed by atoms with E-state index in [0.29, 0.717) is 6.54 Å². The summed E-state index contributed by atoms with van der Waals surface area (Å²) in [6, 6.07) is 4.69. The van der Waals surface area contributed by atoms with Gasteiger partial charge in [-0.25, -0.2) is 9.38 Å². The maximum Gasteiger partial charge on any atom is 0.191 e. The fraction of sp³-hybridized carbons (Fsp3) is 0.533. The second-order valence-electron chi connectivity index (χ2n) is 4.57. The van der Waals surface area contributed by atoms with E-state index in [1.165, 1.54) is 18.2 Å². The van der Waals surface area contributed by atoms with Crippen LogP contribution in [0.4, 0.5) is 4.39 Å². The van der Waals surface area contributed by atoms with Crippen molar-refractivity contribution in [1.29, 1.82) is 0 Å². The van der Waals surface area contributed by atoms with Gasteiger partial charge in [-0.3, -0.25) is 0 Å². The Balaban J connectivity index is 0.00000441. The lowest BCUT2D eigenvalue weighted by Gasteiger charge is -2.11. The van der Waals surface area contributed by atoms with E-state index in [9.17, 15) is 4.39 Å². The molecule has 126 valence electrons. The Kier molecular flexibility index (Phi) is 13.1. The van der Waals surface area contributed by atoms with Crippen molar-refractivity contribution < 1.29 is 4.39 Å². The first kappa shape index (κ1) is 21.8. The van der Waals surface area contributed by atoms with Gasteiger partial charge in [0.1, 0.15) is 5.82 Å². The number of thioether (sulfide) groups is 1. The van der Waals surface area contributed by atoms with E-state index in [2.05, 4.69) is 21.9 Å². The lowest BCUT2D eigenvalue weighted by atomic mass is 10.2. The monoisotopic (exact) mass is 459 g/mol. The summed E-state index contributed by atoms with van der Waals surface area (Å²) in [5, 5.41) is 6.63. The number of nitrogens with zero attached hydrogens (tertiary/aromatic N) is 1. The van der Waals surface area contributed by atoms with Crippen molar-refractivity contribution in [2.75, 3.05) is 25.1 Å². The summed E-state index contributed by atoms with van der Waals surface area (Å²) in [6.45, 7) is 4.21. The summed E-state index contributed by atoms with van der Waals surface area (Å²) >= 11 is 7.63. The van der Waals surface area contributed by atoms with Gasteiger partial charge in [0.15, 0.2) is 5.96 Å². The van der Waals surface area contributed by atoms with Gasteiger partial charge in [-0.05, 0) is 49.5 Å². The molecule has 0 atom stereocenters. The van der Waals surface area contributed by atoms with Crippen LogP contribution in [0.2, 0.25) is 5.02 Å². The van der Waals surface area contributed by atoms with Crippen LogP contribution in [0.3, 0.4) is 0 Å². The van der Waals surface area contributed by atoms with Crippen LogP contribution in [0.5, 0.6) is 0 Å². The molecule has 22 heavy (non-hydrogen) atoms. The van der Waals surface area contributed by atoms with E-state index >= 15 is 0 Å². The van der Waals surface area contributed by atoms with Crippen molar-refractivity contribution in [2.45, 2.75) is 26.3 Å². The molecule has 0 amide bonds. The Hall–Kier alpha value is -0.210. The zero-order chi connectivity index (χ0) is 15.5. The van der Waals surface area contributed by atoms with Crippen LogP contribution in [0.1, 0.15) is 25.3 Å². The lowest BCUT2D eigenvalue weighted by molar-refractivity contribution is 0.627. The third kappa shape index (κ3) is 9.05. The molecular weight excluding hydrogens is 436 g/mol. The van der Waals surface area contributed by atoms with E-state index < -0.39 is 5.82 Å². The quantitative estimate of drug-likeness (QED) is 0.263. The fourth-order valence-electron chi connectivity index (χ4n) is 1.73. The average Bonchev–Trinajstić information content (AvgIpc) is 2.48. The molecule has 0 unspecified atom stereocenters. The van der Waals surface area contributed by atoms with Crippen molar-refractivity contribution in [3.63, 3.8) is 0 Å². The molecule has 0 aliphatic carbocycles. The van der Waals surface area contributed by atoms with Gasteiger partial charge in [0.25, 0.3) is 0 Å². The molecule has 0 saturated carbocycles. The first-order valence-electron chi connectivity index (χ1n) is 7.12. The Morgan fingerprint density at radius 1 is 1.32 bits per heavy atom. The van der Waals surface area contributed by atoms with E-state index in [1.807, 2.05) is 18.7 Å². The molecule has 0 heterocycles. The van der Waals surface area contributed by atoms with Crippen molar-refractivity contribution in [1.82, 2.24) is 10.6 Å². The number of hydrogen-bond acceptors (Lipinski definition) is 2. The molecule has 0 aliphatic rings. The predicted molar refractivity (Wildman–Crippen MR) is 107 cm³/mol. The van der Waals surface area contributed by atoms with Gasteiger partial charge in [0, 0.05) is 13.1 Å². The van der Waals surface area contributed by atoms with Gasteiger partial charge in [-0.2, -0.15) is 11.8 Å². The smallest absolute Gasteiger partial charge is 0.191 e. The van der Waals surface area contributed by atoms with E-state index in [0.717, 1.165) is 31.0 Å². The number of unbranched alkanes of at least 4 members (excludes halogenated alkanes) is 1. The molecule has 0 radical (unpaired) electrons. The molecular formula is C15H24ClFIN3S. The van der Waals surface area contributed by atoms with Gasteiger partial charge >= 0.3 is 0 Å². The largest absolute Gasteiger partial charge is 0.357 e. The molecule has 0 spiro atoms. The minimum atomic E-state index is -0.400. The molecule has 0 saturated heterocycles. The predicted octanol–water partition coefficient (Wildman–Crippen LogP) is 4.30. The van der Waals surface area contributed by atoms with Crippen LogP contribution in [0, 0.1) is 5.82 Å². The van der Waals surface area contributed by atoms with Crippen LogP contribution in [0.15, 0.2) is 23.2 Å². The highest BCUT2D eigenvalue weighted by Gasteiger charge is 2.01. The summed E-state index contributed by atoms with van der Waals surface area (Å²) < 4.78 is 13.1. The molecule has 1 rings (SSSR count). The van der Waals surface area contributed by atoms with Crippen molar-refractivity contribution in [3.05, 3.63) is 34.6 Å². The molecule has 1 aromatic rings. The number of rotatable bonds is 8. The second-order valence-corrected chi connectivity index (χ2v) is 5.96. The van der Waals surface area contributed by atoms with Crippen LogP contribution < -0.4 is 10.6 Å². The van der Waals surface area contributed by atoms with Gasteiger partial charge < -0.3 is 10.6 Å². The number of hydrogen-bond donors (Lipinski definition) is 2. The minimum absolute atomic E-state index is 0. The van der Waals surface area contributed by atoms with Crippen LogP contribution >= 0.6 is 47.3 Å². The zero-order valence-corrected chi connectivity index (χ0v) is 16.9. The normalized spacial score (nSPS) is 11.0. The molecule has 0 fully saturated rings. The first-order chi connectivity index (χ1) is 10.2. The first-order valence-corrected chi connectivity index (χ1v) is 8.89. The Labute approximate surface area is 158 Å². The lowest BCUT2D eigenvalue weighted by Crippen LogP contribution is -2.37. The molecule has 2 N–H and O–H groups in total. The summed E-state index contributed by atoms with van der Waals surface area (Å²) in [5.41, 5.74) is 0.890. The summed E-state index contributed by atoms with van der Waals surface area (Å²) in [7, 11) is 0. The number of guanidine groups is 1. The van der Waals surface area contributed by atoms with Crippen LogP contribution in [-0.4, -0.2) is 31.1 Å². The molecule has 0 aromatic heterocycles. The highest BCUT2D eigenvalue weighted by atomic mass is 127. The average molecular weight is 460 g/mol. The zero-order valence-electron chi connectivity index (χ0n) is 13.0. The Morgan fingerprint density at radius 3 is 2.73 bits per heavy atom. The van der Waals surface area contributed by atoms with Gasteiger partial charge in [0.05, 0.1) is 11.6 Å². The standard InChI is InChI=1S/C15H23ClFN3S.HI/c1-3-18-15(19-8-4-5-9-21-2)20-11-12-6-7-14(17)13(16)10-12;/h6-7,10H,3-5,8-9,11H2,1-2H3,(H2,18,19,20);1H. The number of nitrogens with one attached hydrogen (secondary N) is 2. The van der Waals surface area contributed by atoms with E-state index in [1.54, 1.807) is 12.1 Å². The molecule has 0 aliphatic heterocycles. The van der Waals surface area contributed by atoms with Gasteiger partial charge in [-0.1, -0.05) is 17.7 Å². The summed E-state index contributed by atoms with van der Waals surface area (Å²) in [4.78, 5) is 4.48. The Morgan fingerprint density at radius 2 is 2.09 bits per heavy atom. The topological polar surface area (TPSA) is 36.4 Å². The highest BCUT2D eigenvalue weighted by Crippen LogP contribution is 2.16. The third-order valence-corrected chi connectivity index (χ3v) is 3.80. The SMILES string of the molecule is CCNC(=NCc1ccc(F)c(Cl)c1)NCCCCSC.I. The van der Waals surface area contributed by atoms with Gasteiger partial charge in [0.2, 0.25) is 0 Å². The van der Waals surface area contributed by atoms with Gasteiger partial charge in [-0.15, -0.1) is 24.0 Å². The van der Waals surface area contributed by atoms with E-state index in [-0.39, 0.29) is 29.0 Å². The number of benzene rings is 1. The number of halogens is 3. The molecule has 0 bridgehead atoms. The fourth-order valence-corrected chi connectivity index (χ4v) is 2.42. The second kappa shape index (κ2) is 13.2. The summed E-state index contributed by atoms with van der Waals surface area (Å²) in [5.74, 6) is 1.56. The molecule has 7 heteroatoms. The third-order valence-electron chi connectivity index (χ3n) is 2.82. The summed E-state index contributed by atoms with van der Waals surface area (Å²) in [6.07, 6.45) is 4.43. The molecule has 3 nitrogen and oxygen atoms in total. The van der Waals surface area contributed by atoms with Crippen molar-refractivity contribution >= 4 is 53.3 Å². The minimum Gasteiger partial charge on any atom is -0.357 e. The van der Waals surface area contributed by atoms with E-state index in [4.69, 9.17) is 11.6 Å². The maximum absolute atomic E-state index is 13.1. The van der Waals surface area contributed by atoms with Crippen molar-refractivity contribution in [2.24, 2.45) is 4.99 Å². The van der Waals surface area contributed by atoms with Crippen molar-refractivity contribution in [3.8, 4) is 0 Å². The Bertz CT molecular complexity index is 460.